The monoisotopic (exact) mass is 393 g/mol. The molecule has 0 spiro atoms. The van der Waals surface area contributed by atoms with Gasteiger partial charge in [0.25, 0.3) is 11.1 Å². The fraction of sp³-hybridized carbons (Fsp3) is 0.421. The number of benzene rings is 1. The first-order valence-corrected chi connectivity index (χ1v) is 9.46. The molecule has 0 saturated carbocycles. The summed E-state index contributed by atoms with van der Waals surface area (Å²) < 4.78 is 15.5. The number of thioether (sulfide) groups is 1. The first-order chi connectivity index (χ1) is 12.9. The van der Waals surface area contributed by atoms with Gasteiger partial charge in [-0.25, -0.2) is 4.79 Å². The Hall–Kier alpha value is -2.48. The molecular formula is C19H23NO6S. The maximum Gasteiger partial charge on any atom is 0.343 e. The molecule has 0 bridgehead atoms. The number of methoxy groups -OCH3 is 1. The predicted molar refractivity (Wildman–Crippen MR) is 103 cm³/mol. The fourth-order valence-corrected chi connectivity index (χ4v) is 3.32. The van der Waals surface area contributed by atoms with Crippen molar-refractivity contribution in [2.24, 2.45) is 0 Å². The molecule has 1 atom stereocenters. The van der Waals surface area contributed by atoms with Crippen molar-refractivity contribution in [2.75, 3.05) is 20.3 Å². The van der Waals surface area contributed by atoms with E-state index in [1.54, 1.807) is 24.3 Å². The molecule has 27 heavy (non-hydrogen) atoms. The van der Waals surface area contributed by atoms with Crippen LogP contribution in [0.2, 0.25) is 0 Å². The second-order valence-electron chi connectivity index (χ2n) is 5.81. The lowest BCUT2D eigenvalue weighted by Gasteiger charge is -2.19. The summed E-state index contributed by atoms with van der Waals surface area (Å²) in [4.78, 5) is 37.5. The van der Waals surface area contributed by atoms with Crippen LogP contribution in [-0.2, 0) is 14.3 Å². The zero-order chi connectivity index (χ0) is 20.0. The highest BCUT2D eigenvalue weighted by Gasteiger charge is 2.37. The second-order valence-corrected chi connectivity index (χ2v) is 6.81. The summed E-state index contributed by atoms with van der Waals surface area (Å²) in [7, 11) is 1.28. The molecule has 146 valence electrons. The average Bonchev–Trinajstić information content (AvgIpc) is 2.93. The molecule has 1 aliphatic heterocycles. The first kappa shape index (κ1) is 20.8. The number of ether oxygens (including phenoxy) is 3. The summed E-state index contributed by atoms with van der Waals surface area (Å²) in [6, 6.07) is 4.94. The molecule has 1 fully saturated rings. The van der Waals surface area contributed by atoms with Gasteiger partial charge in [-0.2, -0.15) is 0 Å². The van der Waals surface area contributed by atoms with E-state index in [1.165, 1.54) is 12.0 Å². The summed E-state index contributed by atoms with van der Waals surface area (Å²) in [5.41, 5.74) is 0.693. The Kier molecular flexibility index (Phi) is 7.29. The molecule has 2 amide bonds. The number of hydrogen-bond acceptors (Lipinski definition) is 7. The lowest BCUT2D eigenvalue weighted by Crippen LogP contribution is -2.36. The van der Waals surface area contributed by atoms with Crippen LogP contribution >= 0.6 is 11.8 Å². The molecule has 7 nitrogen and oxygen atoms in total. The van der Waals surface area contributed by atoms with Crippen molar-refractivity contribution < 1.29 is 28.6 Å². The van der Waals surface area contributed by atoms with Crippen molar-refractivity contribution in [3.05, 3.63) is 28.7 Å². The lowest BCUT2D eigenvalue weighted by molar-refractivity contribution is -0.143. The minimum atomic E-state index is -0.500. The van der Waals surface area contributed by atoms with Crippen molar-refractivity contribution in [3.63, 3.8) is 0 Å². The van der Waals surface area contributed by atoms with Gasteiger partial charge in [-0.05, 0) is 55.8 Å². The summed E-state index contributed by atoms with van der Waals surface area (Å²) in [5, 5.41) is -0.260. The number of imide groups is 1. The number of carbonyl (C=O) groups is 3. The van der Waals surface area contributed by atoms with Crippen LogP contribution in [0.15, 0.2) is 23.1 Å². The minimum absolute atomic E-state index is 0.142. The maximum atomic E-state index is 12.5. The molecule has 1 aromatic carbocycles. The Balaban J connectivity index is 2.24. The van der Waals surface area contributed by atoms with E-state index in [-0.39, 0.29) is 23.8 Å². The Morgan fingerprint density at radius 2 is 1.96 bits per heavy atom. The Bertz CT molecular complexity index is 761. The van der Waals surface area contributed by atoms with E-state index >= 15 is 0 Å². The summed E-state index contributed by atoms with van der Waals surface area (Å²) in [6.45, 7) is 5.78. The molecule has 8 heteroatoms. The van der Waals surface area contributed by atoms with Gasteiger partial charge < -0.3 is 14.2 Å². The molecule has 0 radical (unpaired) electrons. The second kappa shape index (κ2) is 9.45. The zero-order valence-corrected chi connectivity index (χ0v) is 16.6. The molecule has 1 saturated heterocycles. The van der Waals surface area contributed by atoms with Crippen LogP contribution in [0.25, 0.3) is 6.08 Å². The highest BCUT2D eigenvalue weighted by molar-refractivity contribution is 8.18. The van der Waals surface area contributed by atoms with Gasteiger partial charge in [0.15, 0.2) is 18.1 Å². The summed E-state index contributed by atoms with van der Waals surface area (Å²) in [5.74, 6) is 0.0481. The van der Waals surface area contributed by atoms with Gasteiger partial charge in [0.05, 0.1) is 18.6 Å². The SMILES string of the molecule is CCOc1cc(C=C2SC(=O)N(C(C)CC)C2=O)ccc1OCC(=O)OC. The highest BCUT2D eigenvalue weighted by atomic mass is 32.2. The van der Waals surface area contributed by atoms with Crippen LogP contribution in [0.5, 0.6) is 11.5 Å². The van der Waals surface area contributed by atoms with Crippen molar-refractivity contribution >= 4 is 35.0 Å². The molecule has 0 aromatic heterocycles. The van der Waals surface area contributed by atoms with Crippen molar-refractivity contribution in [2.45, 2.75) is 33.2 Å². The standard InChI is InChI=1S/C19H23NO6S/c1-5-12(3)20-18(22)16(27-19(20)23)10-13-7-8-14(15(9-13)25-6-2)26-11-17(21)24-4/h7-10,12H,5-6,11H2,1-4H3. The smallest absolute Gasteiger partial charge is 0.343 e. The van der Waals surface area contributed by atoms with Gasteiger partial charge in [-0.3, -0.25) is 14.5 Å². The minimum Gasteiger partial charge on any atom is -0.490 e. The van der Waals surface area contributed by atoms with Gasteiger partial charge in [-0.15, -0.1) is 0 Å². The van der Waals surface area contributed by atoms with E-state index in [1.807, 2.05) is 20.8 Å². The summed E-state index contributed by atoms with van der Waals surface area (Å²) >= 11 is 0.926. The van der Waals surface area contributed by atoms with Crippen molar-refractivity contribution in [3.8, 4) is 11.5 Å². The quantitative estimate of drug-likeness (QED) is 0.494. The largest absolute Gasteiger partial charge is 0.490 e. The molecule has 2 rings (SSSR count). The number of amides is 2. The normalized spacial score (nSPS) is 16.6. The fourth-order valence-electron chi connectivity index (χ4n) is 2.39. The third-order valence-electron chi connectivity index (χ3n) is 3.99. The van der Waals surface area contributed by atoms with E-state index in [0.717, 1.165) is 11.8 Å². The molecule has 1 aliphatic rings. The van der Waals surface area contributed by atoms with Crippen LogP contribution < -0.4 is 9.47 Å². The third-order valence-corrected chi connectivity index (χ3v) is 4.88. The van der Waals surface area contributed by atoms with Crippen molar-refractivity contribution in [1.29, 1.82) is 0 Å². The molecule has 1 aromatic rings. The number of rotatable bonds is 8. The average molecular weight is 393 g/mol. The van der Waals surface area contributed by atoms with Crippen molar-refractivity contribution in [1.82, 2.24) is 4.90 Å². The topological polar surface area (TPSA) is 82.1 Å². The van der Waals surface area contributed by atoms with E-state index in [0.29, 0.717) is 35.0 Å². The highest BCUT2D eigenvalue weighted by Crippen LogP contribution is 2.36. The van der Waals surface area contributed by atoms with Gasteiger partial charge >= 0.3 is 5.97 Å². The lowest BCUT2D eigenvalue weighted by atomic mass is 10.1. The van der Waals surface area contributed by atoms with E-state index in [9.17, 15) is 14.4 Å². The van der Waals surface area contributed by atoms with Crippen LogP contribution in [0.1, 0.15) is 32.8 Å². The van der Waals surface area contributed by atoms with Crippen LogP contribution in [0.3, 0.4) is 0 Å². The maximum absolute atomic E-state index is 12.5. The first-order valence-electron chi connectivity index (χ1n) is 8.64. The number of esters is 1. The molecule has 0 N–H and O–H groups in total. The molecular weight excluding hydrogens is 370 g/mol. The van der Waals surface area contributed by atoms with Gasteiger partial charge in [0.1, 0.15) is 0 Å². The van der Waals surface area contributed by atoms with Gasteiger partial charge in [-0.1, -0.05) is 13.0 Å². The van der Waals surface area contributed by atoms with Crippen LogP contribution in [-0.4, -0.2) is 48.4 Å². The molecule has 0 aliphatic carbocycles. The van der Waals surface area contributed by atoms with Crippen LogP contribution in [0, 0.1) is 0 Å². The zero-order valence-electron chi connectivity index (χ0n) is 15.8. The Morgan fingerprint density at radius 1 is 1.22 bits per heavy atom. The number of nitrogens with zero attached hydrogens (tertiary/aromatic N) is 1. The number of hydrogen-bond donors (Lipinski definition) is 0. The number of carbonyl (C=O) groups excluding carboxylic acids is 3. The summed E-state index contributed by atoms with van der Waals surface area (Å²) in [6.07, 6.45) is 2.35. The van der Waals surface area contributed by atoms with E-state index < -0.39 is 5.97 Å². The third kappa shape index (κ3) is 5.03. The van der Waals surface area contributed by atoms with Gasteiger partial charge in [0.2, 0.25) is 0 Å². The van der Waals surface area contributed by atoms with Gasteiger partial charge in [0, 0.05) is 6.04 Å². The predicted octanol–water partition coefficient (Wildman–Crippen LogP) is 3.47. The van der Waals surface area contributed by atoms with E-state index in [2.05, 4.69) is 4.74 Å². The van der Waals surface area contributed by atoms with E-state index in [4.69, 9.17) is 9.47 Å². The Morgan fingerprint density at radius 3 is 2.59 bits per heavy atom. The molecule has 1 heterocycles. The van der Waals surface area contributed by atoms with Crippen LogP contribution in [0.4, 0.5) is 4.79 Å². The Labute approximate surface area is 162 Å². The molecule has 1 unspecified atom stereocenters.